The zero-order valence-electron chi connectivity index (χ0n) is 20.8. The Bertz CT molecular complexity index is 1730. The topological polar surface area (TPSA) is 112 Å². The molecule has 9 nitrogen and oxygen atoms in total. The number of fused-ring (bicyclic) bond motifs is 2. The summed E-state index contributed by atoms with van der Waals surface area (Å²) in [5, 5.41) is 7.50. The molecule has 3 aromatic heterocycles. The molecule has 0 unspecified atom stereocenters. The molecule has 0 saturated carbocycles. The molecule has 2 N–H and O–H groups in total. The standard InChI is InChI=1S/C27H28ClN7O2S/c28-22-5-2-1-4-21(22)17-34-11-8-19-16-20(6-7-23(19)34)25-24-26(29)30-18-31-27(24)35(32-25)10-3-9-33-12-14-38(36,37)15-13-33/h1-2,4-8,11,16,18H,3,9-10,12-15,17H2,(H2,29,30,31). The van der Waals surface area contributed by atoms with Gasteiger partial charge in [0, 0.05) is 53.9 Å². The Morgan fingerprint density at radius 3 is 2.63 bits per heavy atom. The number of benzene rings is 2. The second-order valence-corrected chi connectivity index (χ2v) is 12.4. The van der Waals surface area contributed by atoms with Crippen molar-refractivity contribution in [3.63, 3.8) is 0 Å². The third-order valence-electron chi connectivity index (χ3n) is 7.18. The first kappa shape index (κ1) is 24.8. The molecule has 0 bridgehead atoms. The minimum Gasteiger partial charge on any atom is -0.383 e. The van der Waals surface area contributed by atoms with E-state index in [1.807, 2.05) is 28.9 Å². The average Bonchev–Trinajstić information content (AvgIpc) is 3.48. The number of halogens is 1. The van der Waals surface area contributed by atoms with Crippen molar-refractivity contribution in [1.82, 2.24) is 29.2 Å². The molecule has 4 heterocycles. The number of nitrogens with two attached hydrogens (primary N) is 1. The zero-order chi connectivity index (χ0) is 26.3. The Balaban J connectivity index is 1.26. The summed E-state index contributed by atoms with van der Waals surface area (Å²) < 4.78 is 27.5. The summed E-state index contributed by atoms with van der Waals surface area (Å²) in [6, 6.07) is 16.2. The van der Waals surface area contributed by atoms with Crippen molar-refractivity contribution >= 4 is 49.2 Å². The van der Waals surface area contributed by atoms with E-state index in [1.165, 1.54) is 6.33 Å². The molecular weight excluding hydrogens is 522 g/mol. The smallest absolute Gasteiger partial charge is 0.163 e. The van der Waals surface area contributed by atoms with Crippen LogP contribution in [0.5, 0.6) is 0 Å². The largest absolute Gasteiger partial charge is 0.383 e. The van der Waals surface area contributed by atoms with Gasteiger partial charge in [-0.2, -0.15) is 5.10 Å². The van der Waals surface area contributed by atoms with Crippen molar-refractivity contribution in [3.8, 4) is 11.3 Å². The van der Waals surface area contributed by atoms with E-state index in [0.29, 0.717) is 37.6 Å². The quantitative estimate of drug-likeness (QED) is 0.328. The van der Waals surface area contributed by atoms with Crippen molar-refractivity contribution in [1.29, 1.82) is 0 Å². The molecule has 0 amide bonds. The van der Waals surface area contributed by atoms with E-state index in [4.69, 9.17) is 22.4 Å². The summed E-state index contributed by atoms with van der Waals surface area (Å²) >= 11 is 6.39. The maximum Gasteiger partial charge on any atom is 0.163 e. The monoisotopic (exact) mass is 549 g/mol. The molecule has 196 valence electrons. The molecule has 2 aromatic carbocycles. The predicted octanol–water partition coefficient (Wildman–Crippen LogP) is 3.85. The summed E-state index contributed by atoms with van der Waals surface area (Å²) in [4.78, 5) is 10.9. The maximum atomic E-state index is 11.7. The van der Waals surface area contributed by atoms with E-state index in [-0.39, 0.29) is 11.5 Å². The van der Waals surface area contributed by atoms with E-state index in [0.717, 1.165) is 51.1 Å². The average molecular weight is 550 g/mol. The van der Waals surface area contributed by atoms with Gasteiger partial charge in [-0.1, -0.05) is 35.9 Å². The minimum atomic E-state index is -2.88. The summed E-state index contributed by atoms with van der Waals surface area (Å²) in [7, 11) is -2.88. The third kappa shape index (κ3) is 4.87. The van der Waals surface area contributed by atoms with Crippen LogP contribution in [0.1, 0.15) is 12.0 Å². The first-order valence-electron chi connectivity index (χ1n) is 12.6. The second-order valence-electron chi connectivity index (χ2n) is 9.68. The molecule has 0 atom stereocenters. The van der Waals surface area contributed by atoms with Gasteiger partial charge >= 0.3 is 0 Å². The van der Waals surface area contributed by atoms with Gasteiger partial charge in [-0.15, -0.1) is 0 Å². The molecule has 5 aromatic rings. The number of nitrogens with zero attached hydrogens (tertiary/aromatic N) is 6. The van der Waals surface area contributed by atoms with Crippen LogP contribution >= 0.6 is 11.6 Å². The number of aryl methyl sites for hydroxylation is 1. The van der Waals surface area contributed by atoms with Crippen LogP contribution in [0.2, 0.25) is 5.02 Å². The molecule has 1 aliphatic rings. The molecule has 0 spiro atoms. The molecule has 6 rings (SSSR count). The Kier molecular flexibility index (Phi) is 6.55. The number of anilines is 1. The van der Waals surface area contributed by atoms with Crippen molar-refractivity contribution in [2.45, 2.75) is 19.5 Å². The van der Waals surface area contributed by atoms with E-state index in [1.54, 1.807) is 0 Å². The van der Waals surface area contributed by atoms with E-state index in [2.05, 4.69) is 49.9 Å². The van der Waals surface area contributed by atoms with E-state index >= 15 is 0 Å². The van der Waals surface area contributed by atoms with Crippen molar-refractivity contribution < 1.29 is 8.42 Å². The highest BCUT2D eigenvalue weighted by Crippen LogP contribution is 2.32. The van der Waals surface area contributed by atoms with E-state index in [9.17, 15) is 8.42 Å². The normalized spacial score (nSPS) is 15.9. The Morgan fingerprint density at radius 1 is 1.00 bits per heavy atom. The van der Waals surface area contributed by atoms with Crippen molar-refractivity contribution in [2.75, 3.05) is 36.9 Å². The molecule has 38 heavy (non-hydrogen) atoms. The highest BCUT2D eigenvalue weighted by atomic mass is 35.5. The van der Waals surface area contributed by atoms with Crippen LogP contribution in [0.15, 0.2) is 61.1 Å². The third-order valence-corrected chi connectivity index (χ3v) is 9.16. The minimum absolute atomic E-state index is 0.230. The summed E-state index contributed by atoms with van der Waals surface area (Å²) in [6.07, 6.45) is 4.36. The van der Waals surface area contributed by atoms with Crippen molar-refractivity contribution in [3.05, 3.63) is 71.6 Å². The van der Waals surface area contributed by atoms with Gasteiger partial charge in [0.2, 0.25) is 0 Å². The van der Waals surface area contributed by atoms with Crippen LogP contribution in [0, 0.1) is 0 Å². The van der Waals surface area contributed by atoms with Crippen LogP contribution in [0.25, 0.3) is 33.2 Å². The second kappa shape index (κ2) is 10.0. The van der Waals surface area contributed by atoms with Gasteiger partial charge in [0.15, 0.2) is 15.5 Å². The fourth-order valence-corrected chi connectivity index (χ4v) is 6.57. The summed E-state index contributed by atoms with van der Waals surface area (Å²) in [6.45, 7) is 3.30. The van der Waals surface area contributed by atoms with Crippen LogP contribution in [-0.4, -0.2) is 68.8 Å². The van der Waals surface area contributed by atoms with Gasteiger partial charge in [-0.05, 0) is 42.8 Å². The Hall–Kier alpha value is -3.47. The zero-order valence-corrected chi connectivity index (χ0v) is 22.4. The number of sulfone groups is 1. The molecular formula is C27H28ClN7O2S. The van der Waals surface area contributed by atoms with E-state index < -0.39 is 9.84 Å². The van der Waals surface area contributed by atoms with Gasteiger partial charge in [0.05, 0.1) is 16.9 Å². The first-order chi connectivity index (χ1) is 18.4. The lowest BCUT2D eigenvalue weighted by atomic mass is 10.1. The number of rotatable bonds is 7. The molecule has 1 saturated heterocycles. The summed E-state index contributed by atoms with van der Waals surface area (Å²) in [5.74, 6) is 0.858. The molecule has 0 aliphatic carbocycles. The predicted molar refractivity (Wildman–Crippen MR) is 151 cm³/mol. The molecule has 11 heteroatoms. The van der Waals surface area contributed by atoms with Gasteiger partial charge < -0.3 is 15.2 Å². The van der Waals surface area contributed by atoms with Crippen LogP contribution < -0.4 is 5.73 Å². The van der Waals surface area contributed by atoms with Crippen LogP contribution in [0.4, 0.5) is 5.82 Å². The lowest BCUT2D eigenvalue weighted by Gasteiger charge is -2.26. The SMILES string of the molecule is Nc1ncnc2c1c(-c1ccc3c(ccn3Cc3ccccc3Cl)c1)nn2CCCN1CCS(=O)(=O)CC1. The van der Waals surface area contributed by atoms with Crippen LogP contribution in [0.3, 0.4) is 0 Å². The molecule has 1 fully saturated rings. The van der Waals surface area contributed by atoms with Gasteiger partial charge in [0.25, 0.3) is 0 Å². The van der Waals surface area contributed by atoms with Crippen molar-refractivity contribution in [2.24, 2.45) is 0 Å². The first-order valence-corrected chi connectivity index (χ1v) is 14.8. The van der Waals surface area contributed by atoms with Gasteiger partial charge in [-0.3, -0.25) is 0 Å². The molecule has 1 aliphatic heterocycles. The van der Waals surface area contributed by atoms with Gasteiger partial charge in [0.1, 0.15) is 17.8 Å². The molecule has 0 radical (unpaired) electrons. The Labute approximate surface area is 225 Å². The van der Waals surface area contributed by atoms with Crippen LogP contribution in [-0.2, 0) is 22.9 Å². The number of hydrogen-bond acceptors (Lipinski definition) is 7. The lowest BCUT2D eigenvalue weighted by molar-refractivity contribution is 0.284. The summed E-state index contributed by atoms with van der Waals surface area (Å²) in [5.41, 5.74) is 10.9. The maximum absolute atomic E-state index is 11.7. The highest BCUT2D eigenvalue weighted by Gasteiger charge is 2.22. The lowest BCUT2D eigenvalue weighted by Crippen LogP contribution is -2.40. The highest BCUT2D eigenvalue weighted by molar-refractivity contribution is 7.91. The fourth-order valence-electron chi connectivity index (χ4n) is 5.10. The fraction of sp³-hybridized carbons (Fsp3) is 0.296. The Morgan fingerprint density at radius 2 is 1.82 bits per heavy atom. The number of hydrogen-bond donors (Lipinski definition) is 1. The number of nitrogen functional groups attached to an aromatic ring is 1. The number of aromatic nitrogens is 5. The van der Waals surface area contributed by atoms with Gasteiger partial charge in [-0.25, -0.2) is 23.1 Å².